The Bertz CT molecular complexity index is 325. The van der Waals surface area contributed by atoms with Crippen molar-refractivity contribution in [1.82, 2.24) is 4.98 Å². The van der Waals surface area contributed by atoms with Crippen LogP contribution < -0.4 is 0 Å². The molecule has 0 amide bonds. The summed E-state index contributed by atoms with van der Waals surface area (Å²) in [6.45, 7) is 0. The van der Waals surface area contributed by atoms with Gasteiger partial charge in [-0.2, -0.15) is 0 Å². The summed E-state index contributed by atoms with van der Waals surface area (Å²) < 4.78 is 0. The molecule has 5 nitrogen and oxygen atoms in total. The average molecular weight is 220 g/mol. The number of carbonyl (C=O) groups is 1. The fraction of sp³-hybridized carbons (Fsp3) is 0.375. The molecule has 14 heavy (non-hydrogen) atoms. The van der Waals surface area contributed by atoms with E-state index in [0.717, 1.165) is 0 Å². The van der Waals surface area contributed by atoms with E-state index >= 15 is 0 Å². The number of aromatic nitrogens is 1. The highest BCUT2D eigenvalue weighted by molar-refractivity contribution is 6.18. The molecule has 4 N–H and O–H groups in total. The maximum atomic E-state index is 10.5. The van der Waals surface area contributed by atoms with E-state index in [1.165, 1.54) is 12.3 Å². The van der Waals surface area contributed by atoms with Gasteiger partial charge in [-0.1, -0.05) is 0 Å². The van der Waals surface area contributed by atoms with Gasteiger partial charge in [0.1, 0.15) is 11.8 Å². The van der Waals surface area contributed by atoms with Crippen molar-refractivity contribution in [3.05, 3.63) is 23.5 Å². The molecule has 0 saturated heterocycles. The second-order valence-corrected chi connectivity index (χ2v) is 3.13. The first kappa shape index (κ1) is 11.0. The van der Waals surface area contributed by atoms with Crippen LogP contribution in [0.4, 0.5) is 0 Å². The summed E-state index contributed by atoms with van der Waals surface area (Å²) in [5.41, 5.74) is 0.261. The first-order valence-corrected chi connectivity index (χ1v) is 4.43. The smallest absolute Gasteiger partial charge is 0.352 e. The van der Waals surface area contributed by atoms with E-state index in [2.05, 4.69) is 4.98 Å². The number of halogens is 1. The van der Waals surface area contributed by atoms with Gasteiger partial charge in [-0.25, -0.2) is 4.79 Å². The number of rotatable bonds is 4. The standard InChI is InChI=1S/C8H10ClNO4/c9-2-6(11)7(12)4-1-5(8(13)14)10-3-4/h1,3,6-7,10-12H,2H2,(H,13,14). The van der Waals surface area contributed by atoms with Crippen molar-refractivity contribution < 1.29 is 20.1 Å². The third-order valence-electron chi connectivity index (χ3n) is 1.80. The summed E-state index contributed by atoms with van der Waals surface area (Å²) in [7, 11) is 0. The number of alkyl halides is 1. The predicted octanol–water partition coefficient (Wildman–Crippen LogP) is 0.346. The molecule has 1 aromatic heterocycles. The van der Waals surface area contributed by atoms with Crippen LogP contribution in [0.15, 0.2) is 12.3 Å². The summed E-state index contributed by atoms with van der Waals surface area (Å²) >= 11 is 5.33. The van der Waals surface area contributed by atoms with Crippen molar-refractivity contribution in [3.63, 3.8) is 0 Å². The molecular formula is C8H10ClNO4. The Balaban J connectivity index is 2.81. The molecule has 1 rings (SSSR count). The molecule has 0 aromatic carbocycles. The summed E-state index contributed by atoms with van der Waals surface area (Å²) in [5.74, 6) is -1.24. The summed E-state index contributed by atoms with van der Waals surface area (Å²) in [4.78, 5) is 12.9. The van der Waals surface area contributed by atoms with Gasteiger partial charge < -0.3 is 20.3 Å². The zero-order valence-corrected chi connectivity index (χ0v) is 7.90. The highest BCUT2D eigenvalue weighted by atomic mass is 35.5. The van der Waals surface area contributed by atoms with Crippen molar-refractivity contribution in [2.75, 3.05) is 5.88 Å². The number of aliphatic hydroxyl groups excluding tert-OH is 2. The summed E-state index contributed by atoms with van der Waals surface area (Å²) in [6, 6.07) is 1.25. The normalized spacial score (nSPS) is 15.1. The van der Waals surface area contributed by atoms with Gasteiger partial charge in [0.2, 0.25) is 0 Å². The van der Waals surface area contributed by atoms with Crippen molar-refractivity contribution in [2.45, 2.75) is 12.2 Å². The minimum atomic E-state index is -1.17. The third kappa shape index (κ3) is 2.25. The van der Waals surface area contributed by atoms with Gasteiger partial charge in [0.05, 0.1) is 12.0 Å². The molecule has 0 aliphatic rings. The lowest BCUT2D eigenvalue weighted by atomic mass is 10.1. The Kier molecular flexibility index (Phi) is 3.51. The number of H-pyrrole nitrogens is 1. The fourth-order valence-corrected chi connectivity index (χ4v) is 1.18. The highest BCUT2D eigenvalue weighted by Crippen LogP contribution is 2.18. The van der Waals surface area contributed by atoms with Crippen molar-refractivity contribution in [1.29, 1.82) is 0 Å². The Hall–Kier alpha value is -1.04. The van der Waals surface area contributed by atoms with Crippen molar-refractivity contribution >= 4 is 17.6 Å². The molecule has 0 radical (unpaired) electrons. The van der Waals surface area contributed by atoms with Crippen LogP contribution in [0.25, 0.3) is 0 Å². The molecular weight excluding hydrogens is 210 g/mol. The highest BCUT2D eigenvalue weighted by Gasteiger charge is 2.19. The molecule has 2 atom stereocenters. The fourth-order valence-electron chi connectivity index (χ4n) is 1.01. The van der Waals surface area contributed by atoms with Crippen LogP contribution in [0.2, 0.25) is 0 Å². The van der Waals surface area contributed by atoms with Gasteiger partial charge in [0, 0.05) is 11.8 Å². The van der Waals surface area contributed by atoms with E-state index in [-0.39, 0.29) is 11.6 Å². The Labute approximate surface area is 84.9 Å². The molecule has 2 unspecified atom stereocenters. The Morgan fingerprint density at radius 2 is 2.21 bits per heavy atom. The van der Waals surface area contributed by atoms with Crippen LogP contribution in [0.5, 0.6) is 0 Å². The Morgan fingerprint density at radius 3 is 2.64 bits per heavy atom. The lowest BCUT2D eigenvalue weighted by molar-refractivity contribution is 0.0328. The maximum absolute atomic E-state index is 10.5. The zero-order valence-electron chi connectivity index (χ0n) is 7.14. The van der Waals surface area contributed by atoms with Gasteiger partial charge in [0.25, 0.3) is 0 Å². The molecule has 0 aliphatic carbocycles. The van der Waals surface area contributed by atoms with Crippen molar-refractivity contribution in [2.24, 2.45) is 0 Å². The summed E-state index contributed by atoms with van der Waals surface area (Å²) in [5, 5.41) is 27.2. The van der Waals surface area contributed by atoms with Gasteiger partial charge >= 0.3 is 5.97 Å². The molecule has 0 spiro atoms. The van der Waals surface area contributed by atoms with Gasteiger partial charge in [-0.15, -0.1) is 11.6 Å². The summed E-state index contributed by atoms with van der Waals surface area (Å²) in [6.07, 6.45) is -0.949. The van der Waals surface area contributed by atoms with Crippen LogP contribution in [0.3, 0.4) is 0 Å². The second kappa shape index (κ2) is 4.45. The van der Waals surface area contributed by atoms with Crippen LogP contribution in [0, 0.1) is 0 Å². The van der Waals surface area contributed by atoms with Gasteiger partial charge in [0.15, 0.2) is 0 Å². The lowest BCUT2D eigenvalue weighted by Gasteiger charge is -2.13. The molecule has 0 bridgehead atoms. The minimum Gasteiger partial charge on any atom is -0.477 e. The predicted molar refractivity (Wildman–Crippen MR) is 49.4 cm³/mol. The third-order valence-corrected chi connectivity index (χ3v) is 2.12. The van der Waals surface area contributed by atoms with E-state index < -0.39 is 18.2 Å². The number of carboxylic acid groups (broad SMARTS) is 1. The molecule has 78 valence electrons. The van der Waals surface area contributed by atoms with Crippen LogP contribution >= 0.6 is 11.6 Å². The number of carboxylic acids is 1. The monoisotopic (exact) mass is 219 g/mol. The quantitative estimate of drug-likeness (QED) is 0.550. The van der Waals surface area contributed by atoms with E-state index in [4.69, 9.17) is 16.7 Å². The molecule has 0 fully saturated rings. The van der Waals surface area contributed by atoms with Crippen molar-refractivity contribution in [3.8, 4) is 0 Å². The second-order valence-electron chi connectivity index (χ2n) is 2.82. The topological polar surface area (TPSA) is 93.6 Å². The average Bonchev–Trinajstić information content (AvgIpc) is 2.64. The number of hydrogen-bond donors (Lipinski definition) is 4. The molecule has 1 heterocycles. The van der Waals surface area contributed by atoms with Crippen LogP contribution in [-0.2, 0) is 0 Å². The van der Waals surface area contributed by atoms with Gasteiger partial charge in [-0.3, -0.25) is 0 Å². The molecule has 6 heteroatoms. The minimum absolute atomic E-state index is 0.0409. The first-order chi connectivity index (χ1) is 6.56. The Morgan fingerprint density at radius 1 is 1.57 bits per heavy atom. The lowest BCUT2D eigenvalue weighted by Crippen LogP contribution is -2.19. The van der Waals surface area contributed by atoms with E-state index in [0.29, 0.717) is 5.56 Å². The number of nitrogens with one attached hydrogen (secondary N) is 1. The van der Waals surface area contributed by atoms with Gasteiger partial charge in [-0.05, 0) is 6.07 Å². The van der Waals surface area contributed by atoms with E-state index in [1.807, 2.05) is 0 Å². The number of hydrogen-bond acceptors (Lipinski definition) is 3. The number of aliphatic hydroxyl groups is 2. The van der Waals surface area contributed by atoms with E-state index in [1.54, 1.807) is 0 Å². The SMILES string of the molecule is O=C(O)c1cc(C(O)C(O)CCl)c[nH]1. The maximum Gasteiger partial charge on any atom is 0.352 e. The number of aromatic carboxylic acids is 1. The number of aromatic amines is 1. The first-order valence-electron chi connectivity index (χ1n) is 3.90. The zero-order chi connectivity index (χ0) is 10.7. The van der Waals surface area contributed by atoms with Crippen LogP contribution in [0.1, 0.15) is 22.2 Å². The molecule has 1 aromatic rings. The van der Waals surface area contributed by atoms with Crippen LogP contribution in [-0.4, -0.2) is 38.3 Å². The molecule has 0 aliphatic heterocycles. The van der Waals surface area contributed by atoms with E-state index in [9.17, 15) is 15.0 Å². The molecule has 0 saturated carbocycles. The largest absolute Gasteiger partial charge is 0.477 e.